The smallest absolute Gasteiger partial charge is 0.207 e. The van der Waals surface area contributed by atoms with Gasteiger partial charge in [-0.2, -0.15) is 10.3 Å². The van der Waals surface area contributed by atoms with E-state index < -0.39 is 0 Å². The molecule has 0 unspecified atom stereocenters. The molecule has 4 nitrogen and oxygen atoms in total. The number of amidine groups is 1. The van der Waals surface area contributed by atoms with Crippen LogP contribution in [0.5, 0.6) is 0 Å². The van der Waals surface area contributed by atoms with E-state index in [1.54, 1.807) is 6.19 Å². The minimum Gasteiger partial charge on any atom is -0.360 e. The highest BCUT2D eigenvalue weighted by Gasteiger charge is 2.11. The number of rotatable bonds is 0. The normalized spacial score (nSPS) is 16.2. The van der Waals surface area contributed by atoms with Crippen molar-refractivity contribution in [2.24, 2.45) is 4.99 Å². The Hall–Kier alpha value is -1.08. The van der Waals surface area contributed by atoms with Crippen molar-refractivity contribution in [1.82, 2.24) is 10.2 Å². The van der Waals surface area contributed by atoms with Crippen LogP contribution in [0.4, 0.5) is 0 Å². The van der Waals surface area contributed by atoms with Crippen molar-refractivity contribution in [3.8, 4) is 6.19 Å². The zero-order chi connectivity index (χ0) is 10.1. The first-order valence-electron chi connectivity index (χ1n) is 4.53. The Balaban J connectivity index is 0.000000424. The van der Waals surface area contributed by atoms with Crippen molar-refractivity contribution < 1.29 is 0 Å². The number of nitriles is 1. The quantitative estimate of drug-likeness (QED) is 0.343. The van der Waals surface area contributed by atoms with Crippen molar-refractivity contribution in [3.05, 3.63) is 0 Å². The molecule has 1 N–H and O–H groups in total. The van der Waals surface area contributed by atoms with Crippen LogP contribution in [0.2, 0.25) is 0 Å². The summed E-state index contributed by atoms with van der Waals surface area (Å²) < 4.78 is 0. The fraction of sp³-hybridized carbons (Fsp3) is 0.778. The Morgan fingerprint density at radius 1 is 1.38 bits per heavy atom. The average Bonchev–Trinajstić information content (AvgIpc) is 2.58. The maximum Gasteiger partial charge on any atom is 0.207 e. The number of nitrogens with one attached hydrogen (secondary N) is 1. The van der Waals surface area contributed by atoms with Crippen LogP contribution in [0.15, 0.2) is 4.99 Å². The molecule has 0 aromatic rings. The summed E-state index contributed by atoms with van der Waals surface area (Å²) in [5.74, 6) is 0.861. The molecule has 74 valence electrons. The van der Waals surface area contributed by atoms with Crippen LogP contribution in [0, 0.1) is 11.5 Å². The third-order valence-electron chi connectivity index (χ3n) is 1.78. The second-order valence-corrected chi connectivity index (χ2v) is 2.95. The van der Waals surface area contributed by atoms with Gasteiger partial charge in [-0.3, -0.25) is 0 Å². The van der Waals surface area contributed by atoms with E-state index in [0.29, 0.717) is 0 Å². The predicted molar refractivity (Wildman–Crippen MR) is 54.5 cm³/mol. The summed E-state index contributed by atoms with van der Waals surface area (Å²) in [5, 5.41) is 11.0. The molecule has 4 heteroatoms. The molecule has 1 fully saturated rings. The predicted octanol–water partition coefficient (Wildman–Crippen LogP) is 0.817. The van der Waals surface area contributed by atoms with Gasteiger partial charge >= 0.3 is 0 Å². The van der Waals surface area contributed by atoms with E-state index in [-0.39, 0.29) is 0 Å². The van der Waals surface area contributed by atoms with E-state index in [2.05, 4.69) is 15.2 Å². The molecule has 1 rings (SSSR count). The molecule has 1 saturated heterocycles. The first-order valence-corrected chi connectivity index (χ1v) is 4.53. The zero-order valence-electron chi connectivity index (χ0n) is 8.67. The van der Waals surface area contributed by atoms with Crippen LogP contribution in [0.25, 0.3) is 0 Å². The van der Waals surface area contributed by atoms with Crippen molar-refractivity contribution in [2.45, 2.75) is 19.8 Å². The Labute approximate surface area is 80.3 Å². The van der Waals surface area contributed by atoms with E-state index in [1.807, 2.05) is 21.0 Å². The van der Waals surface area contributed by atoms with Gasteiger partial charge in [0.05, 0.1) is 0 Å². The molecule has 0 aromatic carbocycles. The molecule has 0 radical (unpaired) electrons. The third kappa shape index (κ3) is 5.21. The lowest BCUT2D eigenvalue weighted by molar-refractivity contribution is 0.516. The number of hydrogen-bond donors (Lipinski definition) is 1. The van der Waals surface area contributed by atoms with Crippen molar-refractivity contribution >= 4 is 5.84 Å². The Morgan fingerprint density at radius 2 is 1.85 bits per heavy atom. The van der Waals surface area contributed by atoms with Crippen LogP contribution >= 0.6 is 0 Å². The van der Waals surface area contributed by atoms with Crippen LogP contribution in [-0.2, 0) is 0 Å². The van der Waals surface area contributed by atoms with E-state index in [1.165, 1.54) is 12.8 Å². The van der Waals surface area contributed by atoms with Gasteiger partial charge in [0, 0.05) is 13.1 Å². The molecule has 1 heterocycles. The maximum absolute atomic E-state index is 8.23. The van der Waals surface area contributed by atoms with Crippen LogP contribution < -0.4 is 5.32 Å². The minimum absolute atomic E-state index is 0.861. The summed E-state index contributed by atoms with van der Waals surface area (Å²) in [4.78, 5) is 5.80. The molecular weight excluding hydrogens is 164 g/mol. The van der Waals surface area contributed by atoms with Gasteiger partial charge in [0.15, 0.2) is 0 Å². The minimum atomic E-state index is 0.861. The lowest BCUT2D eigenvalue weighted by Crippen LogP contribution is -2.24. The molecule has 0 bridgehead atoms. The largest absolute Gasteiger partial charge is 0.360 e. The van der Waals surface area contributed by atoms with Crippen LogP contribution in [-0.4, -0.2) is 37.9 Å². The zero-order valence-corrected chi connectivity index (χ0v) is 8.67. The van der Waals surface area contributed by atoms with Crippen LogP contribution in [0.3, 0.4) is 0 Å². The van der Waals surface area contributed by atoms with E-state index in [0.717, 1.165) is 18.9 Å². The van der Waals surface area contributed by atoms with Gasteiger partial charge in [-0.15, -0.1) is 0 Å². The fourth-order valence-electron chi connectivity index (χ4n) is 1.18. The molecule has 0 aliphatic carbocycles. The Kier molecular flexibility index (Phi) is 6.93. The van der Waals surface area contributed by atoms with Gasteiger partial charge in [0.2, 0.25) is 6.19 Å². The van der Waals surface area contributed by atoms with E-state index in [9.17, 15) is 0 Å². The van der Waals surface area contributed by atoms with E-state index in [4.69, 9.17) is 5.26 Å². The Bertz CT molecular complexity index is 186. The summed E-state index contributed by atoms with van der Waals surface area (Å²) in [6, 6.07) is 0. The molecule has 13 heavy (non-hydrogen) atoms. The molecule has 0 spiro atoms. The number of hydrogen-bond acceptors (Lipinski definition) is 3. The topological polar surface area (TPSA) is 51.4 Å². The molecule has 0 atom stereocenters. The van der Waals surface area contributed by atoms with E-state index >= 15 is 0 Å². The highest BCUT2D eigenvalue weighted by Crippen LogP contribution is 2.07. The summed E-state index contributed by atoms with van der Waals surface area (Å²) in [7, 11) is 3.75. The van der Waals surface area contributed by atoms with Gasteiger partial charge in [-0.05, 0) is 33.9 Å². The summed E-state index contributed by atoms with van der Waals surface area (Å²) in [6.07, 6.45) is 4.26. The molecule has 1 aliphatic heterocycles. The summed E-state index contributed by atoms with van der Waals surface area (Å²) in [5.41, 5.74) is 0. The lowest BCUT2D eigenvalue weighted by atomic mass is 10.4. The van der Waals surface area contributed by atoms with Gasteiger partial charge < -0.3 is 10.2 Å². The van der Waals surface area contributed by atoms with Crippen molar-refractivity contribution in [3.63, 3.8) is 0 Å². The molecule has 0 amide bonds. The SMILES string of the molecule is CC(=NC#N)N1CCCC1.CNC. The molecular formula is C9H18N4. The standard InChI is InChI=1S/C7H11N3.C2H7N/c1-7(9-6-8)10-4-2-3-5-10;1-3-2/h2-5H2,1H3;3H,1-2H3. The molecule has 0 aromatic heterocycles. The Morgan fingerprint density at radius 3 is 2.23 bits per heavy atom. The molecule has 0 saturated carbocycles. The maximum atomic E-state index is 8.23. The van der Waals surface area contributed by atoms with Crippen LogP contribution in [0.1, 0.15) is 19.8 Å². The highest BCUT2D eigenvalue weighted by molar-refractivity contribution is 5.80. The number of aliphatic imine (C=N–C) groups is 1. The third-order valence-corrected chi connectivity index (χ3v) is 1.78. The lowest BCUT2D eigenvalue weighted by Gasteiger charge is -2.14. The number of likely N-dealkylation sites (tertiary alicyclic amines) is 1. The first-order chi connectivity index (χ1) is 6.26. The highest BCUT2D eigenvalue weighted by atomic mass is 15.2. The first kappa shape index (κ1) is 11.9. The monoisotopic (exact) mass is 182 g/mol. The summed E-state index contributed by atoms with van der Waals surface area (Å²) >= 11 is 0. The average molecular weight is 182 g/mol. The van der Waals surface area contributed by atoms with Crippen molar-refractivity contribution in [2.75, 3.05) is 27.2 Å². The number of nitrogens with zero attached hydrogens (tertiary/aromatic N) is 3. The van der Waals surface area contributed by atoms with Gasteiger partial charge in [0.1, 0.15) is 5.84 Å². The summed E-state index contributed by atoms with van der Waals surface area (Å²) in [6.45, 7) is 4.02. The van der Waals surface area contributed by atoms with Crippen molar-refractivity contribution in [1.29, 1.82) is 5.26 Å². The molecule has 1 aliphatic rings. The second kappa shape index (κ2) is 7.56. The van der Waals surface area contributed by atoms with Gasteiger partial charge in [-0.1, -0.05) is 0 Å². The fourth-order valence-corrected chi connectivity index (χ4v) is 1.18. The van der Waals surface area contributed by atoms with Gasteiger partial charge in [-0.25, -0.2) is 0 Å². The van der Waals surface area contributed by atoms with Gasteiger partial charge in [0.25, 0.3) is 0 Å². The second-order valence-electron chi connectivity index (χ2n) is 2.95.